The summed E-state index contributed by atoms with van der Waals surface area (Å²) >= 11 is 0. The van der Waals surface area contributed by atoms with Gasteiger partial charge < -0.3 is 15.8 Å². The van der Waals surface area contributed by atoms with Gasteiger partial charge in [-0.3, -0.25) is 4.79 Å². The molecule has 0 radical (unpaired) electrons. The first-order valence-corrected chi connectivity index (χ1v) is 6.06. The van der Waals surface area contributed by atoms with Crippen molar-refractivity contribution in [3.8, 4) is 0 Å². The van der Waals surface area contributed by atoms with Gasteiger partial charge in [-0.25, -0.2) is 9.97 Å². The molecule has 0 saturated carbocycles. The van der Waals surface area contributed by atoms with Gasteiger partial charge in [0.25, 0.3) is 5.91 Å². The number of rotatable bonds is 3. The van der Waals surface area contributed by atoms with Crippen LogP contribution in [0.15, 0.2) is 6.07 Å². The van der Waals surface area contributed by atoms with Crippen LogP contribution in [0.4, 0.5) is 5.95 Å². The van der Waals surface area contributed by atoms with E-state index in [0.717, 1.165) is 13.0 Å². The first kappa shape index (κ1) is 12.8. The van der Waals surface area contributed by atoms with Gasteiger partial charge in [0.15, 0.2) is 0 Å². The second-order valence-corrected chi connectivity index (χ2v) is 4.64. The van der Waals surface area contributed by atoms with Crippen LogP contribution in [0.5, 0.6) is 0 Å². The smallest absolute Gasteiger partial charge is 0.270 e. The number of nitrogens with two attached hydrogens (primary N) is 1. The first-order valence-electron chi connectivity index (χ1n) is 6.06. The molecule has 0 bridgehead atoms. The summed E-state index contributed by atoms with van der Waals surface area (Å²) in [5.41, 5.74) is 6.52. The zero-order valence-electron chi connectivity index (χ0n) is 10.6. The molecule has 6 nitrogen and oxygen atoms in total. The van der Waals surface area contributed by atoms with Crippen LogP contribution in [0, 0.1) is 12.8 Å². The number of nitrogens with one attached hydrogen (secondary N) is 1. The van der Waals surface area contributed by atoms with Gasteiger partial charge in [0.1, 0.15) is 5.69 Å². The Kier molecular flexibility index (Phi) is 3.76. The fourth-order valence-corrected chi connectivity index (χ4v) is 2.05. The lowest BCUT2D eigenvalue weighted by molar-refractivity contribution is 0.0917. The van der Waals surface area contributed by atoms with Crippen LogP contribution < -0.4 is 11.1 Å². The average Bonchev–Trinajstić information content (AvgIpc) is 2.80. The van der Waals surface area contributed by atoms with Crippen LogP contribution in [-0.2, 0) is 4.74 Å². The third kappa shape index (κ3) is 2.95. The van der Waals surface area contributed by atoms with Crippen molar-refractivity contribution in [2.45, 2.75) is 26.3 Å². The van der Waals surface area contributed by atoms with E-state index in [4.69, 9.17) is 10.5 Å². The summed E-state index contributed by atoms with van der Waals surface area (Å²) in [4.78, 5) is 19.9. The molecule has 1 aromatic rings. The van der Waals surface area contributed by atoms with Gasteiger partial charge >= 0.3 is 0 Å². The first-order chi connectivity index (χ1) is 8.56. The van der Waals surface area contributed by atoms with Gasteiger partial charge in [0.2, 0.25) is 5.95 Å². The van der Waals surface area contributed by atoms with E-state index < -0.39 is 0 Å². The lowest BCUT2D eigenvalue weighted by Crippen LogP contribution is -2.38. The molecule has 6 heteroatoms. The van der Waals surface area contributed by atoms with Crippen molar-refractivity contribution in [1.29, 1.82) is 0 Å². The minimum atomic E-state index is -0.216. The van der Waals surface area contributed by atoms with E-state index in [1.165, 1.54) is 0 Å². The van der Waals surface area contributed by atoms with Gasteiger partial charge in [-0.2, -0.15) is 0 Å². The molecule has 2 heterocycles. The Hall–Kier alpha value is -1.69. The summed E-state index contributed by atoms with van der Waals surface area (Å²) in [7, 11) is 0. The zero-order valence-corrected chi connectivity index (χ0v) is 10.6. The van der Waals surface area contributed by atoms with E-state index in [1.54, 1.807) is 13.0 Å². The van der Waals surface area contributed by atoms with E-state index in [1.807, 2.05) is 6.92 Å². The molecule has 3 N–H and O–H groups in total. The molecule has 18 heavy (non-hydrogen) atoms. The van der Waals surface area contributed by atoms with Crippen molar-refractivity contribution >= 4 is 11.9 Å². The van der Waals surface area contributed by atoms with Crippen LogP contribution in [0.1, 0.15) is 29.5 Å². The zero-order chi connectivity index (χ0) is 13.1. The van der Waals surface area contributed by atoms with Crippen LogP contribution in [-0.4, -0.2) is 35.1 Å². The Bertz CT molecular complexity index is 423. The molecule has 1 amide bonds. The number of nitrogen functional groups attached to an aromatic ring is 1. The third-order valence-corrected chi connectivity index (χ3v) is 3.13. The maximum Gasteiger partial charge on any atom is 0.270 e. The molecule has 2 rings (SSSR count). The number of hydrogen-bond donors (Lipinski definition) is 2. The Morgan fingerprint density at radius 3 is 3.00 bits per heavy atom. The molecule has 1 saturated heterocycles. The molecule has 1 aliphatic rings. The van der Waals surface area contributed by atoms with Crippen molar-refractivity contribution in [3.63, 3.8) is 0 Å². The Morgan fingerprint density at radius 2 is 2.39 bits per heavy atom. The SMILES string of the molecule is Cc1cc(C(=O)NC(C)C2CCOC2)nc(N)n1. The van der Waals surface area contributed by atoms with E-state index in [9.17, 15) is 4.79 Å². The van der Waals surface area contributed by atoms with Gasteiger partial charge in [-0.15, -0.1) is 0 Å². The summed E-state index contributed by atoms with van der Waals surface area (Å²) in [5.74, 6) is 0.276. The highest BCUT2D eigenvalue weighted by Gasteiger charge is 2.24. The van der Waals surface area contributed by atoms with Crippen LogP contribution in [0.25, 0.3) is 0 Å². The third-order valence-electron chi connectivity index (χ3n) is 3.13. The number of carbonyl (C=O) groups is 1. The summed E-state index contributed by atoms with van der Waals surface area (Å²) in [6.45, 7) is 5.23. The second kappa shape index (κ2) is 5.30. The van der Waals surface area contributed by atoms with Gasteiger partial charge in [-0.05, 0) is 26.3 Å². The quantitative estimate of drug-likeness (QED) is 0.816. The summed E-state index contributed by atoms with van der Waals surface area (Å²) in [6.07, 6.45) is 0.979. The van der Waals surface area contributed by atoms with Crippen molar-refractivity contribution in [1.82, 2.24) is 15.3 Å². The van der Waals surface area contributed by atoms with E-state index in [2.05, 4.69) is 15.3 Å². The number of nitrogens with zero attached hydrogens (tertiary/aromatic N) is 2. The molecule has 0 spiro atoms. The minimum Gasteiger partial charge on any atom is -0.381 e. The monoisotopic (exact) mass is 250 g/mol. The van der Waals surface area contributed by atoms with Crippen LogP contribution >= 0.6 is 0 Å². The van der Waals surface area contributed by atoms with E-state index in [-0.39, 0.29) is 17.9 Å². The number of ether oxygens (including phenoxy) is 1. The molecule has 0 aliphatic carbocycles. The van der Waals surface area contributed by atoms with Gasteiger partial charge in [-0.1, -0.05) is 0 Å². The van der Waals surface area contributed by atoms with Crippen molar-refractivity contribution < 1.29 is 9.53 Å². The highest BCUT2D eigenvalue weighted by molar-refractivity contribution is 5.92. The predicted octanol–water partition coefficient (Wildman–Crippen LogP) is 0.522. The fourth-order valence-electron chi connectivity index (χ4n) is 2.05. The number of amides is 1. The van der Waals surface area contributed by atoms with E-state index in [0.29, 0.717) is 23.9 Å². The Labute approximate surface area is 106 Å². The van der Waals surface area contributed by atoms with Gasteiger partial charge in [0.05, 0.1) is 6.61 Å². The Morgan fingerprint density at radius 1 is 1.61 bits per heavy atom. The molecular weight excluding hydrogens is 232 g/mol. The maximum absolute atomic E-state index is 12.0. The Balaban J connectivity index is 2.02. The number of carbonyl (C=O) groups excluding carboxylic acids is 1. The van der Waals surface area contributed by atoms with Crippen molar-refractivity contribution in [3.05, 3.63) is 17.5 Å². The molecular formula is C12H18N4O2. The summed E-state index contributed by atoms with van der Waals surface area (Å²) < 4.78 is 5.31. The lowest BCUT2D eigenvalue weighted by Gasteiger charge is -2.19. The predicted molar refractivity (Wildman–Crippen MR) is 67.0 cm³/mol. The van der Waals surface area contributed by atoms with Crippen LogP contribution in [0.2, 0.25) is 0 Å². The highest BCUT2D eigenvalue weighted by Crippen LogP contribution is 2.16. The normalized spacial score (nSPS) is 20.7. The van der Waals surface area contributed by atoms with E-state index >= 15 is 0 Å². The number of anilines is 1. The van der Waals surface area contributed by atoms with Crippen LogP contribution in [0.3, 0.4) is 0 Å². The molecule has 0 aromatic carbocycles. The number of aromatic nitrogens is 2. The number of aryl methyl sites for hydroxylation is 1. The minimum absolute atomic E-state index is 0.0662. The molecule has 2 atom stereocenters. The standard InChI is InChI=1S/C12H18N4O2/c1-7-5-10(16-12(13)14-7)11(17)15-8(2)9-3-4-18-6-9/h5,8-9H,3-4,6H2,1-2H3,(H,15,17)(H2,13,14,16). The summed E-state index contributed by atoms with van der Waals surface area (Å²) in [6, 6.07) is 1.69. The molecule has 98 valence electrons. The van der Waals surface area contributed by atoms with Gasteiger partial charge in [0, 0.05) is 24.3 Å². The molecule has 2 unspecified atom stereocenters. The topological polar surface area (TPSA) is 90.1 Å². The number of hydrogen-bond acceptors (Lipinski definition) is 5. The largest absolute Gasteiger partial charge is 0.381 e. The molecule has 1 fully saturated rings. The fraction of sp³-hybridized carbons (Fsp3) is 0.583. The molecule has 1 aromatic heterocycles. The second-order valence-electron chi connectivity index (χ2n) is 4.64. The van der Waals surface area contributed by atoms with Crippen molar-refractivity contribution in [2.75, 3.05) is 18.9 Å². The summed E-state index contributed by atoms with van der Waals surface area (Å²) in [5, 5.41) is 2.93. The lowest BCUT2D eigenvalue weighted by atomic mass is 10.0. The highest BCUT2D eigenvalue weighted by atomic mass is 16.5. The average molecular weight is 250 g/mol. The molecule has 1 aliphatic heterocycles. The van der Waals surface area contributed by atoms with Crippen molar-refractivity contribution in [2.24, 2.45) is 5.92 Å². The maximum atomic E-state index is 12.0.